The number of nitrogens with zero attached hydrogens (tertiary/aromatic N) is 3. The van der Waals surface area contributed by atoms with Crippen LogP contribution in [0.2, 0.25) is 0 Å². The quantitative estimate of drug-likeness (QED) is 0.176. The van der Waals surface area contributed by atoms with Gasteiger partial charge in [0.25, 0.3) is 0 Å². The average Bonchev–Trinajstić information content (AvgIpc) is 1.81. The molecule has 3 aliphatic rings. The molecule has 0 saturated heterocycles. The first kappa shape index (κ1) is 104. The van der Waals surface area contributed by atoms with Crippen LogP contribution in [0.5, 0.6) is 0 Å². The zero-order valence-electron chi connectivity index (χ0n) is 79.3. The van der Waals surface area contributed by atoms with Gasteiger partial charge in [0.15, 0.2) is 0 Å². The van der Waals surface area contributed by atoms with Crippen molar-refractivity contribution in [3.8, 4) is 0 Å². The molecule has 3 nitrogen and oxygen atoms in total. The molecule has 0 spiro atoms. The molecule has 0 bridgehead atoms. The third-order valence-corrected chi connectivity index (χ3v) is 22.0. The summed E-state index contributed by atoms with van der Waals surface area (Å²) in [5, 5.41) is 8.29. The van der Waals surface area contributed by atoms with E-state index in [9.17, 15) is 0 Å². The third kappa shape index (κ3) is 40.2. The maximum Gasteiger partial charge on any atom is 0.0880 e. The summed E-state index contributed by atoms with van der Waals surface area (Å²) in [7, 11) is 0. The summed E-state index contributed by atoms with van der Waals surface area (Å²) in [5.74, 6) is 5.66. The van der Waals surface area contributed by atoms with Gasteiger partial charge < -0.3 is 0 Å². The number of benzene rings is 3. The Labute approximate surface area is 650 Å². The van der Waals surface area contributed by atoms with Gasteiger partial charge in [0.2, 0.25) is 0 Å². The van der Waals surface area contributed by atoms with Gasteiger partial charge >= 0.3 is 0 Å². The standard InChI is InChI=1S/C14H28.C14H22.C14H28.C14H22.C14H28.C14H22.C10H19N3.3C2H6/c2*1-13(2,3)11-7-9-12(10-8-11)14(4,5)6;2*1-13(2,3)11-8-7-9-12(10-11)14(4,5)6;2*1-13(2,3)11-9-7-8-10-12(11)14(4,5)6;1-9(2,3)8-7-13(12-11-8)10(4,5)6;3*1-2/h11-12H,7-10H2,1-6H3;7-10H,1-6H3;11-12H,7-10H2,1-6H3;7-10H,1-6H3;11-12H,7-10H2,1-6H3;7-10H,1-6H3;7H,1-6H3;3*1-2H3. The molecule has 4 unspecified atom stereocenters. The first-order valence-corrected chi connectivity index (χ1v) is 42.3. The molecule has 0 radical (unpaired) electrons. The number of hydrogen-bond donors (Lipinski definition) is 0. The topological polar surface area (TPSA) is 30.7 Å². The Kier molecular flexibility index (Phi) is 42.5. The maximum absolute atomic E-state index is 4.17. The first-order chi connectivity index (χ1) is 46.0. The van der Waals surface area contributed by atoms with Crippen molar-refractivity contribution in [3.05, 3.63) is 118 Å². The van der Waals surface area contributed by atoms with Crippen LogP contribution in [0, 0.1) is 68.0 Å². The number of hydrogen-bond acceptors (Lipinski definition) is 2. The van der Waals surface area contributed by atoms with Crippen molar-refractivity contribution in [2.24, 2.45) is 68.0 Å². The van der Waals surface area contributed by atoms with Crippen molar-refractivity contribution in [1.29, 1.82) is 0 Å². The Hall–Kier alpha value is -3.20. The highest BCUT2D eigenvalue weighted by Gasteiger charge is 2.41. The fourth-order valence-electron chi connectivity index (χ4n) is 14.4. The summed E-state index contributed by atoms with van der Waals surface area (Å²) in [6.07, 6.45) is 19.4. The van der Waals surface area contributed by atoms with Crippen LogP contribution < -0.4 is 0 Å². The summed E-state index contributed by atoms with van der Waals surface area (Å²) >= 11 is 0. The van der Waals surface area contributed by atoms with Crippen LogP contribution in [0.15, 0.2) is 79.0 Å². The lowest BCUT2D eigenvalue weighted by Crippen LogP contribution is -2.38. The van der Waals surface area contributed by atoms with E-state index in [4.69, 9.17) is 0 Å². The molecule has 0 amide bonds. The highest BCUT2D eigenvalue weighted by atomic mass is 15.4. The fraction of sp³-hybridized carbons (Fsp3) is 0.800. The molecule has 3 heteroatoms. The zero-order valence-corrected chi connectivity index (χ0v) is 79.3. The molecule has 1 aromatic heterocycles. The molecular weight excluding hydrogens is 1240 g/mol. The second-order valence-corrected chi connectivity index (χ2v) is 45.5. The Morgan fingerprint density at radius 3 is 0.757 bits per heavy atom. The first-order valence-electron chi connectivity index (χ1n) is 42.3. The lowest BCUT2D eigenvalue weighted by molar-refractivity contribution is 0.0335. The van der Waals surface area contributed by atoms with Gasteiger partial charge in [0.1, 0.15) is 0 Å². The fourth-order valence-corrected chi connectivity index (χ4v) is 14.4. The van der Waals surface area contributed by atoms with Crippen molar-refractivity contribution >= 4 is 0 Å². The largest absolute Gasteiger partial charge is 0.247 e. The number of aromatic nitrogens is 3. The third-order valence-electron chi connectivity index (χ3n) is 22.0. The second kappa shape index (κ2) is 42.1. The van der Waals surface area contributed by atoms with E-state index in [1.807, 2.05) is 52.4 Å². The van der Waals surface area contributed by atoms with Gasteiger partial charge in [-0.1, -0.05) is 409 Å². The predicted octanol–water partition coefficient (Wildman–Crippen LogP) is 32.9. The van der Waals surface area contributed by atoms with Crippen LogP contribution in [0.4, 0.5) is 0 Å². The second-order valence-electron chi connectivity index (χ2n) is 45.5. The van der Waals surface area contributed by atoms with Crippen molar-refractivity contribution < 1.29 is 0 Å². The Balaban J connectivity index is -0.00000112. The molecule has 0 N–H and O–H groups in total. The van der Waals surface area contributed by atoms with E-state index in [2.05, 4.69) is 374 Å². The SMILES string of the molecule is CC.CC.CC.CC(C)(C)C1CCC(C(C)(C)C)CC1.CC(C)(C)C1CCCC(C(C)(C)C)C1.CC(C)(C)C1CCCCC1C(C)(C)C.CC(C)(C)c1ccc(C(C)(C)C)cc1.CC(C)(C)c1cccc(C(C)(C)C)c1.CC(C)(C)c1ccccc1C(C)(C)C.CC(C)(C)c1cn(C(C)(C)C)nn1. The van der Waals surface area contributed by atoms with E-state index < -0.39 is 0 Å². The van der Waals surface area contributed by atoms with Gasteiger partial charge in [0, 0.05) is 11.6 Å². The number of rotatable bonds is 0. The smallest absolute Gasteiger partial charge is 0.0880 e. The summed E-state index contributed by atoms with van der Waals surface area (Å²) in [4.78, 5) is 0. The van der Waals surface area contributed by atoms with Crippen LogP contribution in [0.25, 0.3) is 0 Å². The summed E-state index contributed by atoms with van der Waals surface area (Å²) in [5.41, 5.74) is 14.3. The molecular formula is C100H187N3. The highest BCUT2D eigenvalue weighted by molar-refractivity contribution is 5.37. The van der Waals surface area contributed by atoms with E-state index >= 15 is 0 Å². The van der Waals surface area contributed by atoms with Gasteiger partial charge in [-0.3, -0.25) is 0 Å². The van der Waals surface area contributed by atoms with Crippen LogP contribution in [0.3, 0.4) is 0 Å². The van der Waals surface area contributed by atoms with E-state index in [0.717, 1.165) is 41.2 Å². The Morgan fingerprint density at radius 1 is 0.272 bits per heavy atom. The maximum atomic E-state index is 4.17. The Morgan fingerprint density at radius 2 is 0.553 bits per heavy atom. The average molecular weight is 1430 g/mol. The van der Waals surface area contributed by atoms with Gasteiger partial charge in [-0.25, -0.2) is 4.68 Å². The van der Waals surface area contributed by atoms with E-state index in [1.54, 1.807) is 0 Å². The molecule has 3 saturated carbocycles. The van der Waals surface area contributed by atoms with E-state index in [-0.39, 0.29) is 43.4 Å². The molecule has 602 valence electrons. The van der Waals surface area contributed by atoms with Gasteiger partial charge in [-0.2, -0.15) is 0 Å². The molecule has 7 rings (SSSR count). The summed E-state index contributed by atoms with van der Waals surface area (Å²) in [6.45, 7) is 109. The highest BCUT2D eigenvalue weighted by Crippen LogP contribution is 2.50. The summed E-state index contributed by atoms with van der Waals surface area (Å²) < 4.78 is 1.91. The zero-order chi connectivity index (χ0) is 82.2. The van der Waals surface area contributed by atoms with Crippen LogP contribution in [-0.4, -0.2) is 15.0 Å². The normalized spacial score (nSPS) is 19.6. The van der Waals surface area contributed by atoms with Crippen LogP contribution >= 0.6 is 0 Å². The molecule has 3 fully saturated rings. The van der Waals surface area contributed by atoms with Crippen molar-refractivity contribution in [2.75, 3.05) is 0 Å². The van der Waals surface area contributed by atoms with Crippen molar-refractivity contribution in [2.45, 2.75) is 453 Å². The molecule has 1 heterocycles. The van der Waals surface area contributed by atoms with Crippen LogP contribution in [-0.2, 0) is 43.4 Å². The Bertz CT molecular complexity index is 2640. The van der Waals surface area contributed by atoms with E-state index in [1.165, 1.54) is 110 Å². The van der Waals surface area contributed by atoms with Gasteiger partial charge in [-0.15, -0.1) is 5.10 Å². The molecule has 4 atom stereocenters. The minimum absolute atomic E-state index is 0.0243. The summed E-state index contributed by atoms with van der Waals surface area (Å²) in [6, 6.07) is 26.7. The lowest BCUT2D eigenvalue weighted by Gasteiger charge is -2.46. The van der Waals surface area contributed by atoms with Crippen LogP contribution in [0.1, 0.15) is 448 Å². The monoisotopic (exact) mass is 1430 g/mol. The van der Waals surface area contributed by atoms with Crippen molar-refractivity contribution in [1.82, 2.24) is 15.0 Å². The minimum atomic E-state index is 0.0243. The molecule has 3 aromatic carbocycles. The van der Waals surface area contributed by atoms with Crippen molar-refractivity contribution in [3.63, 3.8) is 0 Å². The predicted molar refractivity (Wildman–Crippen MR) is 472 cm³/mol. The van der Waals surface area contributed by atoms with Gasteiger partial charge in [-0.05, 0) is 212 Å². The molecule has 3 aliphatic carbocycles. The molecule has 4 aromatic rings. The molecule has 103 heavy (non-hydrogen) atoms. The lowest BCUT2D eigenvalue weighted by atomic mass is 9.59. The van der Waals surface area contributed by atoms with E-state index in [0.29, 0.717) is 32.5 Å². The minimum Gasteiger partial charge on any atom is -0.247 e. The van der Waals surface area contributed by atoms with Gasteiger partial charge in [0.05, 0.1) is 11.2 Å². The molecule has 0 aliphatic heterocycles.